The van der Waals surface area contributed by atoms with Gasteiger partial charge in [0.1, 0.15) is 18.0 Å². The second kappa shape index (κ2) is 8.07. The number of carbonyl (C=O) groups excluding carboxylic acids is 1. The summed E-state index contributed by atoms with van der Waals surface area (Å²) in [5.74, 6) is 1.96. The van der Waals surface area contributed by atoms with E-state index in [1.807, 2.05) is 11.0 Å². The molecule has 0 spiro atoms. The second-order valence-corrected chi connectivity index (χ2v) is 8.42. The lowest BCUT2D eigenvalue weighted by molar-refractivity contribution is -0.917. The number of ether oxygens (including phenoxy) is 2. The lowest BCUT2D eigenvalue weighted by Gasteiger charge is -2.32. The Balaban J connectivity index is 1.09. The highest BCUT2D eigenvalue weighted by Gasteiger charge is 2.24. The average Bonchev–Trinajstić information content (AvgIpc) is 3.41. The maximum Gasteiger partial charge on any atom is 0.260 e. The number of nitrogens with one attached hydrogen (secondary N) is 1. The van der Waals surface area contributed by atoms with Crippen molar-refractivity contribution in [3.63, 3.8) is 0 Å². The Morgan fingerprint density at radius 3 is 2.76 bits per heavy atom. The van der Waals surface area contributed by atoms with Crippen LogP contribution in [0.2, 0.25) is 0 Å². The standard InChI is InChI=1S/C24H28N2O3/c27-24(17-29-22-6-5-19-2-1-3-20(19)15-22)26-11-9-25(10-12-26)16-18-4-7-23-21(14-18)8-13-28-23/h4-7,14-15H,1-3,8-13,16-17H2/p+1. The first-order valence-corrected chi connectivity index (χ1v) is 10.9. The van der Waals surface area contributed by atoms with Crippen molar-refractivity contribution in [2.45, 2.75) is 32.2 Å². The number of rotatable bonds is 5. The van der Waals surface area contributed by atoms with Gasteiger partial charge in [0, 0.05) is 12.0 Å². The average molecular weight is 394 g/mol. The fourth-order valence-electron chi connectivity index (χ4n) is 4.76. The van der Waals surface area contributed by atoms with E-state index < -0.39 is 0 Å². The third-order valence-electron chi connectivity index (χ3n) is 6.46. The van der Waals surface area contributed by atoms with Crippen LogP contribution in [0, 0.1) is 0 Å². The van der Waals surface area contributed by atoms with Gasteiger partial charge in [0.15, 0.2) is 6.61 Å². The molecule has 0 atom stereocenters. The SMILES string of the molecule is O=C(COc1ccc2c(c1)CCC2)N1CC[NH+](Cc2ccc3c(c2)CCO3)CC1. The highest BCUT2D eigenvalue weighted by molar-refractivity contribution is 5.77. The summed E-state index contributed by atoms with van der Waals surface area (Å²) in [6, 6.07) is 12.8. The smallest absolute Gasteiger partial charge is 0.260 e. The van der Waals surface area contributed by atoms with E-state index in [-0.39, 0.29) is 12.5 Å². The molecule has 2 aromatic carbocycles. The van der Waals surface area contributed by atoms with Gasteiger partial charge in [-0.1, -0.05) is 6.07 Å². The maximum absolute atomic E-state index is 12.6. The van der Waals surface area contributed by atoms with Gasteiger partial charge < -0.3 is 19.3 Å². The molecule has 1 amide bonds. The predicted molar refractivity (Wildman–Crippen MR) is 111 cm³/mol. The van der Waals surface area contributed by atoms with Crippen LogP contribution in [0.3, 0.4) is 0 Å². The third kappa shape index (κ3) is 4.10. The number of quaternary nitrogens is 1. The molecule has 0 radical (unpaired) electrons. The Morgan fingerprint density at radius 1 is 1.00 bits per heavy atom. The van der Waals surface area contributed by atoms with Crippen molar-refractivity contribution in [2.75, 3.05) is 39.4 Å². The molecular formula is C24H29N2O3+. The fraction of sp³-hybridized carbons (Fsp3) is 0.458. The van der Waals surface area contributed by atoms with Gasteiger partial charge in [0.2, 0.25) is 0 Å². The van der Waals surface area contributed by atoms with Gasteiger partial charge in [-0.15, -0.1) is 0 Å². The molecule has 2 aliphatic heterocycles. The highest BCUT2D eigenvalue weighted by atomic mass is 16.5. The summed E-state index contributed by atoms with van der Waals surface area (Å²) in [5, 5.41) is 0. The first kappa shape index (κ1) is 18.5. The molecule has 0 unspecified atom stereocenters. The van der Waals surface area contributed by atoms with Crippen molar-refractivity contribution < 1.29 is 19.2 Å². The summed E-state index contributed by atoms with van der Waals surface area (Å²) in [7, 11) is 0. The molecule has 2 aromatic rings. The Hall–Kier alpha value is -2.53. The fourth-order valence-corrected chi connectivity index (χ4v) is 4.76. The van der Waals surface area contributed by atoms with Gasteiger partial charge in [-0.3, -0.25) is 4.79 Å². The number of nitrogens with zero attached hydrogens (tertiary/aromatic N) is 1. The van der Waals surface area contributed by atoms with Crippen molar-refractivity contribution in [2.24, 2.45) is 0 Å². The molecule has 0 aromatic heterocycles. The van der Waals surface area contributed by atoms with E-state index >= 15 is 0 Å². The van der Waals surface area contributed by atoms with Crippen LogP contribution in [-0.4, -0.2) is 50.2 Å². The molecule has 5 nitrogen and oxygen atoms in total. The van der Waals surface area contributed by atoms with Crippen LogP contribution in [0.15, 0.2) is 36.4 Å². The Bertz CT molecular complexity index is 903. The van der Waals surface area contributed by atoms with E-state index in [4.69, 9.17) is 9.47 Å². The van der Waals surface area contributed by atoms with Crippen LogP contribution in [0.5, 0.6) is 11.5 Å². The Morgan fingerprint density at radius 2 is 1.86 bits per heavy atom. The molecule has 1 saturated heterocycles. The number of hydrogen-bond donors (Lipinski definition) is 1. The van der Waals surface area contributed by atoms with Crippen molar-refractivity contribution in [3.8, 4) is 11.5 Å². The largest absolute Gasteiger partial charge is 0.493 e. The number of benzene rings is 2. The molecule has 1 fully saturated rings. The van der Waals surface area contributed by atoms with Crippen LogP contribution in [0.1, 0.15) is 28.7 Å². The summed E-state index contributed by atoms with van der Waals surface area (Å²) in [6.07, 6.45) is 4.54. The minimum absolute atomic E-state index is 0.0965. The molecule has 3 aliphatic rings. The number of carbonyl (C=O) groups is 1. The first-order chi connectivity index (χ1) is 14.2. The lowest BCUT2D eigenvalue weighted by Crippen LogP contribution is -3.13. The molecule has 1 N–H and O–H groups in total. The van der Waals surface area contributed by atoms with Crippen molar-refractivity contribution in [1.29, 1.82) is 0 Å². The van der Waals surface area contributed by atoms with Crippen LogP contribution in [0.25, 0.3) is 0 Å². The maximum atomic E-state index is 12.6. The zero-order valence-electron chi connectivity index (χ0n) is 16.9. The summed E-state index contributed by atoms with van der Waals surface area (Å²) < 4.78 is 11.4. The molecule has 0 saturated carbocycles. The number of amides is 1. The molecule has 1 aliphatic carbocycles. The van der Waals surface area contributed by atoms with E-state index in [0.29, 0.717) is 0 Å². The van der Waals surface area contributed by atoms with E-state index in [0.717, 1.165) is 63.7 Å². The number of aryl methyl sites for hydroxylation is 2. The zero-order chi connectivity index (χ0) is 19.6. The molecular weight excluding hydrogens is 364 g/mol. The van der Waals surface area contributed by atoms with E-state index in [2.05, 4.69) is 30.3 Å². The Kier molecular flexibility index (Phi) is 5.15. The minimum atomic E-state index is 0.0965. The summed E-state index contributed by atoms with van der Waals surface area (Å²) in [6.45, 7) is 5.53. The van der Waals surface area contributed by atoms with Gasteiger partial charge in [0.25, 0.3) is 5.91 Å². The van der Waals surface area contributed by atoms with E-state index in [9.17, 15) is 4.79 Å². The minimum Gasteiger partial charge on any atom is -0.493 e. The summed E-state index contributed by atoms with van der Waals surface area (Å²) in [4.78, 5) is 16.1. The number of fused-ring (bicyclic) bond motifs is 2. The van der Waals surface area contributed by atoms with Crippen LogP contribution in [0.4, 0.5) is 0 Å². The quantitative estimate of drug-likeness (QED) is 0.836. The number of hydrogen-bond acceptors (Lipinski definition) is 3. The molecule has 5 rings (SSSR count). The van der Waals surface area contributed by atoms with Gasteiger partial charge in [-0.25, -0.2) is 0 Å². The first-order valence-electron chi connectivity index (χ1n) is 10.9. The van der Waals surface area contributed by atoms with Gasteiger partial charge >= 0.3 is 0 Å². The van der Waals surface area contributed by atoms with Crippen LogP contribution >= 0.6 is 0 Å². The van der Waals surface area contributed by atoms with Gasteiger partial charge in [-0.05, 0) is 66.3 Å². The second-order valence-electron chi connectivity index (χ2n) is 8.42. The van der Waals surface area contributed by atoms with Crippen molar-refractivity contribution in [3.05, 3.63) is 58.7 Å². The third-order valence-corrected chi connectivity index (χ3v) is 6.46. The molecule has 2 heterocycles. The molecule has 152 valence electrons. The predicted octanol–water partition coefficient (Wildman–Crippen LogP) is 1.42. The lowest BCUT2D eigenvalue weighted by atomic mass is 10.1. The summed E-state index contributed by atoms with van der Waals surface area (Å²) >= 11 is 0. The molecule has 29 heavy (non-hydrogen) atoms. The van der Waals surface area contributed by atoms with Crippen molar-refractivity contribution in [1.82, 2.24) is 4.90 Å². The normalized spacial score (nSPS) is 18.3. The van der Waals surface area contributed by atoms with Gasteiger partial charge in [-0.2, -0.15) is 0 Å². The zero-order valence-corrected chi connectivity index (χ0v) is 16.9. The molecule has 0 bridgehead atoms. The Labute approximate surface area is 172 Å². The summed E-state index contributed by atoms with van der Waals surface area (Å²) in [5.41, 5.74) is 5.51. The van der Waals surface area contributed by atoms with Crippen LogP contribution < -0.4 is 14.4 Å². The van der Waals surface area contributed by atoms with Gasteiger partial charge in [0.05, 0.1) is 32.8 Å². The monoisotopic (exact) mass is 393 g/mol. The van der Waals surface area contributed by atoms with E-state index in [1.165, 1.54) is 40.0 Å². The topological polar surface area (TPSA) is 43.2 Å². The molecule has 5 heteroatoms. The highest BCUT2D eigenvalue weighted by Crippen LogP contribution is 2.26. The van der Waals surface area contributed by atoms with E-state index in [1.54, 1.807) is 0 Å². The van der Waals surface area contributed by atoms with Crippen LogP contribution in [-0.2, 0) is 30.6 Å². The van der Waals surface area contributed by atoms with Crippen molar-refractivity contribution >= 4 is 5.91 Å². The number of piperazine rings is 1.